The first-order chi connectivity index (χ1) is 10.1. The minimum Gasteiger partial charge on any atom is -0.326 e. The van der Waals surface area contributed by atoms with Crippen LogP contribution in [0, 0.1) is 6.92 Å². The lowest BCUT2D eigenvalue weighted by Gasteiger charge is -2.24. The molecular formula is C18H25N3. The lowest BCUT2D eigenvalue weighted by molar-refractivity contribution is 0.588. The highest BCUT2D eigenvalue weighted by atomic mass is 15.2. The van der Waals surface area contributed by atoms with Gasteiger partial charge in [0.1, 0.15) is 5.82 Å². The highest BCUT2D eigenvalue weighted by Gasteiger charge is 2.10. The number of anilines is 2. The quantitative estimate of drug-likeness (QED) is 0.867. The van der Waals surface area contributed by atoms with Gasteiger partial charge < -0.3 is 10.2 Å². The van der Waals surface area contributed by atoms with E-state index in [9.17, 15) is 0 Å². The van der Waals surface area contributed by atoms with Crippen LogP contribution < -0.4 is 10.2 Å². The van der Waals surface area contributed by atoms with Crippen LogP contribution in [0.2, 0.25) is 0 Å². The van der Waals surface area contributed by atoms with E-state index in [4.69, 9.17) is 0 Å². The van der Waals surface area contributed by atoms with E-state index in [0.29, 0.717) is 6.04 Å². The first-order valence-corrected chi connectivity index (χ1v) is 7.63. The molecule has 0 spiro atoms. The van der Waals surface area contributed by atoms with Crippen molar-refractivity contribution in [1.29, 1.82) is 0 Å². The smallest absolute Gasteiger partial charge is 0.132 e. The lowest BCUT2D eigenvalue weighted by atomic mass is 10.1. The van der Waals surface area contributed by atoms with Crippen LogP contribution in [0.3, 0.4) is 0 Å². The van der Waals surface area contributed by atoms with Crippen LogP contribution in [-0.4, -0.2) is 17.6 Å². The van der Waals surface area contributed by atoms with Gasteiger partial charge in [-0.15, -0.1) is 0 Å². The molecule has 0 amide bonds. The molecule has 0 aliphatic heterocycles. The summed E-state index contributed by atoms with van der Waals surface area (Å²) >= 11 is 0. The first kappa shape index (κ1) is 15.5. The number of aryl methyl sites for hydroxylation is 1. The molecule has 3 nitrogen and oxygen atoms in total. The molecule has 3 heteroatoms. The fourth-order valence-corrected chi connectivity index (χ4v) is 2.32. The van der Waals surface area contributed by atoms with Gasteiger partial charge in [-0.3, -0.25) is 0 Å². The van der Waals surface area contributed by atoms with Gasteiger partial charge in [0, 0.05) is 31.0 Å². The van der Waals surface area contributed by atoms with E-state index in [-0.39, 0.29) is 0 Å². The van der Waals surface area contributed by atoms with E-state index < -0.39 is 0 Å². The zero-order valence-corrected chi connectivity index (χ0v) is 13.4. The van der Waals surface area contributed by atoms with E-state index in [1.165, 1.54) is 16.8 Å². The van der Waals surface area contributed by atoms with E-state index in [1.807, 2.05) is 6.20 Å². The Morgan fingerprint density at radius 2 is 1.90 bits per heavy atom. The van der Waals surface area contributed by atoms with Gasteiger partial charge in [-0.1, -0.05) is 38.1 Å². The summed E-state index contributed by atoms with van der Waals surface area (Å²) in [5.74, 6) is 1.00. The summed E-state index contributed by atoms with van der Waals surface area (Å²) in [7, 11) is 0. The van der Waals surface area contributed by atoms with Gasteiger partial charge in [-0.2, -0.15) is 0 Å². The van der Waals surface area contributed by atoms with E-state index in [0.717, 1.165) is 18.9 Å². The predicted molar refractivity (Wildman–Crippen MR) is 90.1 cm³/mol. The second-order valence-corrected chi connectivity index (χ2v) is 5.59. The van der Waals surface area contributed by atoms with Crippen LogP contribution >= 0.6 is 0 Å². The van der Waals surface area contributed by atoms with E-state index >= 15 is 0 Å². The molecular weight excluding hydrogens is 258 g/mol. The Labute approximate surface area is 128 Å². The summed E-state index contributed by atoms with van der Waals surface area (Å²) in [6, 6.07) is 13.2. The molecule has 0 saturated carbocycles. The number of nitrogens with zero attached hydrogens (tertiary/aromatic N) is 2. The number of hydrogen-bond acceptors (Lipinski definition) is 3. The monoisotopic (exact) mass is 283 g/mol. The fraction of sp³-hybridized carbons (Fsp3) is 0.389. The maximum atomic E-state index is 4.63. The Kier molecular flexibility index (Phi) is 5.34. The number of para-hydroxylation sites is 1. The SMILES string of the molecule is CCN(c1ccc(CNC(C)C)cn1)c1ccccc1C. The van der Waals surface area contributed by atoms with Gasteiger partial charge in [-0.25, -0.2) is 4.98 Å². The Bertz CT molecular complexity index is 561. The van der Waals surface area contributed by atoms with Crippen molar-refractivity contribution in [1.82, 2.24) is 10.3 Å². The molecule has 0 bridgehead atoms. The molecule has 0 aliphatic carbocycles. The minimum atomic E-state index is 0.490. The standard InChI is InChI=1S/C18H25N3/c1-5-21(17-9-7-6-8-15(17)4)18-11-10-16(13-20-18)12-19-14(2)3/h6-11,13-14,19H,5,12H2,1-4H3. The van der Waals surface area contributed by atoms with Crippen LogP contribution in [0.5, 0.6) is 0 Å². The topological polar surface area (TPSA) is 28.2 Å². The molecule has 0 unspecified atom stereocenters. The van der Waals surface area contributed by atoms with Gasteiger partial charge in [0.2, 0.25) is 0 Å². The van der Waals surface area contributed by atoms with Gasteiger partial charge in [0.25, 0.3) is 0 Å². The average Bonchev–Trinajstić information content (AvgIpc) is 2.49. The van der Waals surface area contributed by atoms with Crippen molar-refractivity contribution >= 4 is 11.5 Å². The zero-order chi connectivity index (χ0) is 15.2. The largest absolute Gasteiger partial charge is 0.326 e. The molecule has 2 aromatic rings. The van der Waals surface area contributed by atoms with Crippen molar-refractivity contribution in [3.05, 3.63) is 53.7 Å². The number of nitrogens with one attached hydrogen (secondary N) is 1. The Balaban J connectivity index is 2.18. The average molecular weight is 283 g/mol. The van der Waals surface area contributed by atoms with Gasteiger partial charge >= 0.3 is 0 Å². The van der Waals surface area contributed by atoms with Crippen molar-refractivity contribution in [3.63, 3.8) is 0 Å². The minimum absolute atomic E-state index is 0.490. The first-order valence-electron chi connectivity index (χ1n) is 7.63. The summed E-state index contributed by atoms with van der Waals surface area (Å²) in [6.07, 6.45) is 1.96. The third kappa shape index (κ3) is 4.05. The van der Waals surface area contributed by atoms with E-state index in [1.54, 1.807) is 0 Å². The van der Waals surface area contributed by atoms with Crippen molar-refractivity contribution < 1.29 is 0 Å². The summed E-state index contributed by atoms with van der Waals surface area (Å²) in [4.78, 5) is 6.88. The van der Waals surface area contributed by atoms with Gasteiger partial charge in [0.05, 0.1) is 0 Å². The molecule has 1 N–H and O–H groups in total. The highest BCUT2D eigenvalue weighted by Crippen LogP contribution is 2.26. The second-order valence-electron chi connectivity index (χ2n) is 5.59. The number of hydrogen-bond donors (Lipinski definition) is 1. The fourth-order valence-electron chi connectivity index (χ4n) is 2.32. The molecule has 0 saturated heterocycles. The second kappa shape index (κ2) is 7.23. The van der Waals surface area contributed by atoms with Crippen LogP contribution in [0.1, 0.15) is 31.9 Å². The number of aromatic nitrogens is 1. The number of benzene rings is 1. The molecule has 0 atom stereocenters. The van der Waals surface area contributed by atoms with Crippen molar-refractivity contribution in [3.8, 4) is 0 Å². The lowest BCUT2D eigenvalue weighted by Crippen LogP contribution is -2.22. The summed E-state index contributed by atoms with van der Waals surface area (Å²) < 4.78 is 0. The van der Waals surface area contributed by atoms with Crippen LogP contribution in [0.15, 0.2) is 42.6 Å². The van der Waals surface area contributed by atoms with Crippen LogP contribution in [0.25, 0.3) is 0 Å². The molecule has 1 aromatic carbocycles. The summed E-state index contributed by atoms with van der Waals surface area (Å²) in [5, 5.41) is 3.41. The molecule has 1 aromatic heterocycles. The number of rotatable bonds is 6. The highest BCUT2D eigenvalue weighted by molar-refractivity contribution is 5.63. The van der Waals surface area contributed by atoms with Gasteiger partial charge in [0.15, 0.2) is 0 Å². The molecule has 1 heterocycles. The molecule has 21 heavy (non-hydrogen) atoms. The molecule has 0 radical (unpaired) electrons. The van der Waals surface area contributed by atoms with Crippen molar-refractivity contribution in [2.75, 3.05) is 11.4 Å². The Morgan fingerprint density at radius 3 is 2.48 bits per heavy atom. The predicted octanol–water partition coefficient (Wildman–Crippen LogP) is 4.05. The van der Waals surface area contributed by atoms with Crippen molar-refractivity contribution in [2.24, 2.45) is 0 Å². The normalized spacial score (nSPS) is 10.9. The van der Waals surface area contributed by atoms with E-state index in [2.05, 4.69) is 79.3 Å². The van der Waals surface area contributed by atoms with Gasteiger partial charge in [-0.05, 0) is 37.1 Å². The summed E-state index contributed by atoms with van der Waals surface area (Å²) in [5.41, 5.74) is 3.71. The molecule has 112 valence electrons. The summed E-state index contributed by atoms with van der Waals surface area (Å²) in [6.45, 7) is 10.4. The maximum Gasteiger partial charge on any atom is 0.132 e. The molecule has 2 rings (SSSR count). The molecule has 0 aliphatic rings. The van der Waals surface area contributed by atoms with Crippen LogP contribution in [-0.2, 0) is 6.54 Å². The third-order valence-corrected chi connectivity index (χ3v) is 3.52. The zero-order valence-electron chi connectivity index (χ0n) is 13.4. The molecule has 0 fully saturated rings. The maximum absolute atomic E-state index is 4.63. The van der Waals surface area contributed by atoms with Crippen molar-refractivity contribution in [2.45, 2.75) is 40.3 Å². The Hall–Kier alpha value is -1.87. The third-order valence-electron chi connectivity index (χ3n) is 3.52. The Morgan fingerprint density at radius 1 is 1.14 bits per heavy atom. The number of pyridine rings is 1. The van der Waals surface area contributed by atoms with Crippen LogP contribution in [0.4, 0.5) is 11.5 Å².